The van der Waals surface area contributed by atoms with Gasteiger partial charge in [-0.3, -0.25) is 4.79 Å². The van der Waals surface area contributed by atoms with Crippen LogP contribution < -0.4 is 11.1 Å². The molecule has 0 aliphatic rings. The molecule has 0 fully saturated rings. The molecule has 4 N–H and O–H groups in total. The van der Waals surface area contributed by atoms with E-state index < -0.39 is 12.0 Å². The first-order chi connectivity index (χ1) is 7.50. The highest BCUT2D eigenvalue weighted by molar-refractivity contribution is 6.30. The molecule has 0 aromatic heterocycles. The van der Waals surface area contributed by atoms with E-state index in [1.807, 2.05) is 19.1 Å². The normalized spacial score (nSPS) is 14.4. The van der Waals surface area contributed by atoms with Crippen LogP contribution in [0.2, 0.25) is 5.02 Å². The maximum Gasteiger partial charge on any atom is 0.321 e. The fraction of sp³-hybridized carbons (Fsp3) is 0.364. The molecule has 1 aromatic rings. The summed E-state index contributed by atoms with van der Waals surface area (Å²) in [6, 6.07) is 6.55. The highest BCUT2D eigenvalue weighted by atomic mass is 35.5. The Morgan fingerprint density at radius 3 is 2.56 bits per heavy atom. The maximum atomic E-state index is 10.5. The van der Waals surface area contributed by atoms with Gasteiger partial charge in [-0.05, 0) is 24.6 Å². The zero-order chi connectivity index (χ0) is 12.1. The van der Waals surface area contributed by atoms with Crippen LogP contribution in [0.3, 0.4) is 0 Å². The summed E-state index contributed by atoms with van der Waals surface area (Å²) in [5.74, 6) is -1.00. The molecule has 0 saturated carbocycles. The summed E-state index contributed by atoms with van der Waals surface area (Å²) in [7, 11) is 0. The van der Waals surface area contributed by atoms with Crippen LogP contribution in [0.1, 0.15) is 18.5 Å². The SMILES string of the molecule is C[C@@H](NCC(N)C(=O)O)c1ccc(Cl)cc1. The number of hydrogen-bond donors (Lipinski definition) is 3. The monoisotopic (exact) mass is 242 g/mol. The van der Waals surface area contributed by atoms with Gasteiger partial charge in [0.2, 0.25) is 0 Å². The quantitative estimate of drug-likeness (QED) is 0.730. The van der Waals surface area contributed by atoms with E-state index in [9.17, 15) is 4.79 Å². The molecule has 0 heterocycles. The van der Waals surface area contributed by atoms with Crippen molar-refractivity contribution in [1.29, 1.82) is 0 Å². The number of rotatable bonds is 5. The number of benzene rings is 1. The summed E-state index contributed by atoms with van der Waals surface area (Å²) < 4.78 is 0. The number of hydrogen-bond acceptors (Lipinski definition) is 3. The van der Waals surface area contributed by atoms with Crippen LogP contribution in [0.15, 0.2) is 24.3 Å². The number of halogens is 1. The van der Waals surface area contributed by atoms with Crippen molar-refractivity contribution in [2.45, 2.75) is 19.0 Å². The molecule has 1 aromatic carbocycles. The fourth-order valence-corrected chi connectivity index (χ4v) is 1.39. The van der Waals surface area contributed by atoms with Gasteiger partial charge in [0.05, 0.1) is 0 Å². The molecule has 16 heavy (non-hydrogen) atoms. The second-order valence-corrected chi connectivity index (χ2v) is 4.06. The standard InChI is InChI=1S/C11H15ClN2O2/c1-7(14-6-10(13)11(15)16)8-2-4-9(12)5-3-8/h2-5,7,10,14H,6,13H2,1H3,(H,15,16)/t7-,10?/m1/s1. The molecule has 5 heteroatoms. The van der Waals surface area contributed by atoms with Gasteiger partial charge in [0.15, 0.2) is 0 Å². The molecule has 0 aliphatic heterocycles. The van der Waals surface area contributed by atoms with Crippen molar-refractivity contribution in [3.8, 4) is 0 Å². The zero-order valence-electron chi connectivity index (χ0n) is 8.98. The predicted molar refractivity (Wildman–Crippen MR) is 63.5 cm³/mol. The first-order valence-corrected chi connectivity index (χ1v) is 5.35. The van der Waals surface area contributed by atoms with Gasteiger partial charge in [0.1, 0.15) is 6.04 Å². The molecule has 4 nitrogen and oxygen atoms in total. The molecular weight excluding hydrogens is 228 g/mol. The van der Waals surface area contributed by atoms with Gasteiger partial charge in [-0.15, -0.1) is 0 Å². The van der Waals surface area contributed by atoms with E-state index in [-0.39, 0.29) is 12.6 Å². The lowest BCUT2D eigenvalue weighted by molar-refractivity contribution is -0.138. The number of carbonyl (C=O) groups is 1. The average molecular weight is 243 g/mol. The molecule has 0 bridgehead atoms. The van der Waals surface area contributed by atoms with E-state index in [1.165, 1.54) is 0 Å². The van der Waals surface area contributed by atoms with Crippen LogP contribution in [-0.2, 0) is 4.79 Å². The Morgan fingerprint density at radius 1 is 1.50 bits per heavy atom. The Bertz CT molecular complexity index is 354. The summed E-state index contributed by atoms with van der Waals surface area (Å²) in [4.78, 5) is 10.5. The lowest BCUT2D eigenvalue weighted by Crippen LogP contribution is -2.41. The van der Waals surface area contributed by atoms with Crippen LogP contribution in [0.25, 0.3) is 0 Å². The molecule has 0 saturated heterocycles. The Morgan fingerprint density at radius 2 is 2.06 bits per heavy atom. The number of nitrogens with one attached hydrogen (secondary N) is 1. The molecule has 0 aliphatic carbocycles. The van der Waals surface area contributed by atoms with Gasteiger partial charge < -0.3 is 16.2 Å². The third-order valence-electron chi connectivity index (χ3n) is 2.33. The minimum atomic E-state index is -1.00. The lowest BCUT2D eigenvalue weighted by Gasteiger charge is -2.16. The van der Waals surface area contributed by atoms with Crippen LogP contribution in [0.4, 0.5) is 0 Å². The average Bonchev–Trinajstić information content (AvgIpc) is 2.26. The van der Waals surface area contributed by atoms with Gasteiger partial charge in [0, 0.05) is 17.6 Å². The number of nitrogens with two attached hydrogens (primary N) is 1. The first-order valence-electron chi connectivity index (χ1n) is 4.98. The number of carboxylic acid groups (broad SMARTS) is 1. The van der Waals surface area contributed by atoms with Gasteiger partial charge in [-0.2, -0.15) is 0 Å². The lowest BCUT2D eigenvalue weighted by atomic mass is 10.1. The molecule has 0 radical (unpaired) electrons. The smallest absolute Gasteiger partial charge is 0.321 e. The van der Waals surface area contributed by atoms with E-state index in [0.717, 1.165) is 5.56 Å². The van der Waals surface area contributed by atoms with Crippen LogP contribution in [0.5, 0.6) is 0 Å². The van der Waals surface area contributed by atoms with E-state index in [4.69, 9.17) is 22.4 Å². The van der Waals surface area contributed by atoms with Crippen LogP contribution in [-0.4, -0.2) is 23.7 Å². The molecule has 1 rings (SSSR count). The third kappa shape index (κ3) is 3.81. The molecular formula is C11H15ClN2O2. The Hall–Kier alpha value is -1.10. The molecule has 0 spiro atoms. The van der Waals surface area contributed by atoms with Crippen molar-refractivity contribution in [2.24, 2.45) is 5.73 Å². The van der Waals surface area contributed by atoms with Crippen molar-refractivity contribution < 1.29 is 9.90 Å². The fourth-order valence-electron chi connectivity index (χ4n) is 1.26. The molecule has 1 unspecified atom stereocenters. The Balaban J connectivity index is 2.49. The van der Waals surface area contributed by atoms with Crippen molar-refractivity contribution in [2.75, 3.05) is 6.54 Å². The van der Waals surface area contributed by atoms with E-state index in [0.29, 0.717) is 5.02 Å². The Kier molecular flexibility index (Phi) is 4.73. The topological polar surface area (TPSA) is 75.3 Å². The van der Waals surface area contributed by atoms with Crippen LogP contribution in [0, 0.1) is 0 Å². The molecule has 0 amide bonds. The van der Waals surface area contributed by atoms with Gasteiger partial charge in [-0.1, -0.05) is 23.7 Å². The summed E-state index contributed by atoms with van der Waals surface area (Å²) in [5, 5.41) is 12.3. The van der Waals surface area contributed by atoms with Gasteiger partial charge in [0.25, 0.3) is 0 Å². The molecule has 88 valence electrons. The summed E-state index contributed by atoms with van der Waals surface area (Å²) >= 11 is 5.77. The van der Waals surface area contributed by atoms with Crippen molar-refractivity contribution in [1.82, 2.24) is 5.32 Å². The summed E-state index contributed by atoms with van der Waals surface area (Å²) in [6.07, 6.45) is 0. The van der Waals surface area contributed by atoms with Crippen LogP contribution >= 0.6 is 11.6 Å². The zero-order valence-corrected chi connectivity index (χ0v) is 9.74. The highest BCUT2D eigenvalue weighted by Gasteiger charge is 2.12. The van der Waals surface area contributed by atoms with E-state index >= 15 is 0 Å². The third-order valence-corrected chi connectivity index (χ3v) is 2.58. The first kappa shape index (κ1) is 13.0. The van der Waals surface area contributed by atoms with E-state index in [2.05, 4.69) is 5.32 Å². The minimum absolute atomic E-state index is 0.0441. The highest BCUT2D eigenvalue weighted by Crippen LogP contribution is 2.15. The Labute approximate surface area is 99.4 Å². The second-order valence-electron chi connectivity index (χ2n) is 3.63. The summed E-state index contributed by atoms with van der Waals surface area (Å²) in [5.41, 5.74) is 6.43. The minimum Gasteiger partial charge on any atom is -0.480 e. The number of carboxylic acids is 1. The largest absolute Gasteiger partial charge is 0.480 e. The van der Waals surface area contributed by atoms with Gasteiger partial charge in [-0.25, -0.2) is 0 Å². The van der Waals surface area contributed by atoms with Crippen molar-refractivity contribution in [3.05, 3.63) is 34.9 Å². The molecule has 2 atom stereocenters. The van der Waals surface area contributed by atoms with Crippen molar-refractivity contribution in [3.63, 3.8) is 0 Å². The maximum absolute atomic E-state index is 10.5. The number of aliphatic carboxylic acids is 1. The summed E-state index contributed by atoms with van der Waals surface area (Å²) in [6.45, 7) is 2.18. The predicted octanol–water partition coefficient (Wildman–Crippen LogP) is 1.40. The van der Waals surface area contributed by atoms with Crippen molar-refractivity contribution >= 4 is 17.6 Å². The van der Waals surface area contributed by atoms with E-state index in [1.54, 1.807) is 12.1 Å². The second kappa shape index (κ2) is 5.84. The van der Waals surface area contributed by atoms with Gasteiger partial charge >= 0.3 is 5.97 Å².